The first-order chi connectivity index (χ1) is 25.9. The highest BCUT2D eigenvalue weighted by Gasteiger charge is 2.44. The van der Waals surface area contributed by atoms with Crippen molar-refractivity contribution in [3.05, 3.63) is 92.9 Å². The van der Waals surface area contributed by atoms with Crippen molar-refractivity contribution in [1.29, 1.82) is 0 Å². The van der Waals surface area contributed by atoms with Crippen LogP contribution in [0.15, 0.2) is 58.0 Å². The van der Waals surface area contributed by atoms with Gasteiger partial charge in [0.2, 0.25) is 17.7 Å². The highest BCUT2D eigenvalue weighted by atomic mass is 19.4. The molecule has 3 aromatic heterocycles. The molecular formula is C36H30F7N7O5. The van der Waals surface area contributed by atoms with Gasteiger partial charge in [-0.1, -0.05) is 0 Å². The number of nitrogens with zero attached hydrogens (tertiary/aromatic N) is 6. The predicted octanol–water partition coefficient (Wildman–Crippen LogP) is 7.45. The second kappa shape index (κ2) is 13.7. The number of methoxy groups -OCH3 is 1. The Morgan fingerprint density at radius 2 is 1.55 bits per heavy atom. The molecule has 0 radical (unpaired) electrons. The van der Waals surface area contributed by atoms with E-state index in [0.29, 0.717) is 34.4 Å². The molecule has 2 aromatic carbocycles. The summed E-state index contributed by atoms with van der Waals surface area (Å²) >= 11 is 0. The number of hydrogen-bond acceptors (Lipinski definition) is 10. The average Bonchev–Trinajstić information content (AvgIpc) is 3.67. The van der Waals surface area contributed by atoms with Gasteiger partial charge in [0.1, 0.15) is 12.3 Å². The van der Waals surface area contributed by atoms with Crippen molar-refractivity contribution in [2.45, 2.75) is 58.0 Å². The zero-order valence-electron chi connectivity index (χ0n) is 29.3. The van der Waals surface area contributed by atoms with Crippen LogP contribution in [0.5, 0.6) is 5.88 Å². The molecule has 2 aliphatic heterocycles. The van der Waals surface area contributed by atoms with Crippen LogP contribution < -0.4 is 15.4 Å². The molecule has 2 fully saturated rings. The van der Waals surface area contributed by atoms with Crippen molar-refractivity contribution in [3.63, 3.8) is 0 Å². The second-order valence-electron chi connectivity index (χ2n) is 13.2. The largest absolute Gasteiger partial charge is 0.481 e. The Morgan fingerprint density at radius 3 is 2.11 bits per heavy atom. The molecule has 288 valence electrons. The van der Waals surface area contributed by atoms with Crippen LogP contribution in [0.3, 0.4) is 0 Å². The van der Waals surface area contributed by atoms with Crippen LogP contribution in [0.4, 0.5) is 41.5 Å². The van der Waals surface area contributed by atoms with E-state index >= 15 is 0 Å². The summed E-state index contributed by atoms with van der Waals surface area (Å²) in [6.07, 6.45) is -10.8. The van der Waals surface area contributed by atoms with E-state index in [-0.39, 0.29) is 49.1 Å². The third-order valence-corrected chi connectivity index (χ3v) is 9.47. The predicted molar refractivity (Wildman–Crippen MR) is 181 cm³/mol. The van der Waals surface area contributed by atoms with Crippen LogP contribution in [0, 0.1) is 13.8 Å². The van der Waals surface area contributed by atoms with Gasteiger partial charge in [-0.15, -0.1) is 5.10 Å². The molecule has 2 unspecified atom stereocenters. The summed E-state index contributed by atoms with van der Waals surface area (Å²) in [4.78, 5) is 41.2. The number of nitrogens with one attached hydrogen (secondary N) is 1. The van der Waals surface area contributed by atoms with Crippen LogP contribution in [0.2, 0.25) is 0 Å². The van der Waals surface area contributed by atoms with Gasteiger partial charge in [0.05, 0.1) is 49.6 Å². The van der Waals surface area contributed by atoms with Crippen LogP contribution in [0.25, 0.3) is 33.7 Å². The molecule has 1 N–H and O–H groups in total. The highest BCUT2D eigenvalue weighted by molar-refractivity contribution is 5.81. The molecule has 2 atom stereocenters. The molecule has 0 aliphatic carbocycles. The van der Waals surface area contributed by atoms with E-state index in [9.17, 15) is 40.3 Å². The third-order valence-electron chi connectivity index (χ3n) is 9.47. The lowest BCUT2D eigenvalue weighted by molar-refractivity contribution is -0.143. The van der Waals surface area contributed by atoms with Crippen molar-refractivity contribution >= 4 is 12.0 Å². The number of alkyl halides is 7. The lowest BCUT2D eigenvalue weighted by atomic mass is 9.92. The average molecular weight is 774 g/mol. The summed E-state index contributed by atoms with van der Waals surface area (Å²) in [5.74, 6) is -0.338. The van der Waals surface area contributed by atoms with E-state index in [1.807, 2.05) is 13.8 Å². The Bertz CT molecular complexity index is 2300. The van der Waals surface area contributed by atoms with E-state index in [4.69, 9.17) is 13.9 Å². The highest BCUT2D eigenvalue weighted by Crippen LogP contribution is 2.43. The first-order valence-corrected chi connectivity index (χ1v) is 16.6. The van der Waals surface area contributed by atoms with Gasteiger partial charge in [0, 0.05) is 34.6 Å². The van der Waals surface area contributed by atoms with Gasteiger partial charge in [0.25, 0.3) is 0 Å². The number of pyridine rings is 1. The Morgan fingerprint density at radius 1 is 0.891 bits per heavy atom. The standard InChI is InChI=1S/C36H30F7N7O5/c1-16-5-20(30-47-48-33(51)55-30)6-17(2)28(16)21-9-25(31(53-4)44-11-21)26-12-45-32(49-13-24(37)14-49)46-27(26)15-50-18(3)29(54-34(50)52)19-7-22(35(38,39)40)10-23(8-19)36(41,42)43/h5-12,18,24,29H,13-15H2,1-4H3,(H,48,51). The molecule has 5 aromatic rings. The lowest BCUT2D eigenvalue weighted by Crippen LogP contribution is -2.49. The van der Waals surface area contributed by atoms with Crippen molar-refractivity contribution < 1.29 is 49.4 Å². The number of amides is 1. The number of rotatable bonds is 8. The molecule has 0 saturated carbocycles. The van der Waals surface area contributed by atoms with Crippen LogP contribution >= 0.6 is 0 Å². The number of ether oxygens (including phenoxy) is 2. The van der Waals surface area contributed by atoms with E-state index < -0.39 is 59.2 Å². The van der Waals surface area contributed by atoms with E-state index in [0.717, 1.165) is 21.6 Å². The number of cyclic esters (lactones) is 1. The van der Waals surface area contributed by atoms with Gasteiger partial charge in [-0.05, 0) is 79.4 Å². The number of aryl methyl sites for hydroxylation is 2. The molecule has 0 bridgehead atoms. The zero-order valence-corrected chi connectivity index (χ0v) is 29.3. The van der Waals surface area contributed by atoms with Crippen molar-refractivity contribution in [1.82, 2.24) is 30.0 Å². The fourth-order valence-electron chi connectivity index (χ4n) is 6.80. The number of halogens is 7. The number of H-pyrrole nitrogens is 1. The maximum atomic E-state index is 13.9. The number of anilines is 1. The Kier molecular flexibility index (Phi) is 9.28. The summed E-state index contributed by atoms with van der Waals surface area (Å²) in [7, 11) is 1.39. The molecular weight excluding hydrogens is 743 g/mol. The van der Waals surface area contributed by atoms with E-state index in [1.165, 1.54) is 20.2 Å². The zero-order chi connectivity index (χ0) is 39.6. The number of aromatic amines is 1. The number of carbonyl (C=O) groups excluding carboxylic acids is 1. The first kappa shape index (κ1) is 37.3. The first-order valence-electron chi connectivity index (χ1n) is 16.6. The molecule has 7 rings (SSSR count). The number of benzene rings is 2. The maximum Gasteiger partial charge on any atom is 0.434 e. The van der Waals surface area contributed by atoms with Gasteiger partial charge in [-0.25, -0.2) is 34.0 Å². The van der Waals surface area contributed by atoms with Crippen LogP contribution in [-0.4, -0.2) is 68.6 Å². The molecule has 12 nitrogen and oxygen atoms in total. The SMILES string of the molecule is COc1ncc(-c2c(C)cc(-c3n[nH]c(=O)o3)cc2C)cc1-c1cnc(N2CC(F)C2)nc1CN1C(=O)OC(c2cc(C(F)(F)F)cc(C(F)(F)F)c2)C1C. The monoisotopic (exact) mass is 773 g/mol. The Balaban J connectivity index is 1.29. The molecule has 2 saturated heterocycles. The summed E-state index contributed by atoms with van der Waals surface area (Å²) in [6, 6.07) is 5.30. The maximum absolute atomic E-state index is 13.9. The fourth-order valence-corrected chi connectivity index (χ4v) is 6.80. The quantitative estimate of drug-likeness (QED) is 0.158. The summed E-state index contributed by atoms with van der Waals surface area (Å²) in [5, 5.41) is 6.12. The number of aromatic nitrogens is 5. The minimum atomic E-state index is -5.11. The number of hydrogen-bond donors (Lipinski definition) is 1. The molecule has 2 aliphatic rings. The minimum Gasteiger partial charge on any atom is -0.481 e. The summed E-state index contributed by atoms with van der Waals surface area (Å²) in [6.45, 7) is 4.80. The second-order valence-corrected chi connectivity index (χ2v) is 13.2. The summed E-state index contributed by atoms with van der Waals surface area (Å²) in [5.41, 5.74) is 0.779. The smallest absolute Gasteiger partial charge is 0.434 e. The Hall–Kier alpha value is -6.01. The van der Waals surface area contributed by atoms with Crippen LogP contribution in [-0.2, 0) is 23.6 Å². The van der Waals surface area contributed by atoms with Crippen molar-refractivity contribution in [2.75, 3.05) is 25.1 Å². The van der Waals surface area contributed by atoms with Gasteiger partial charge < -0.3 is 18.8 Å². The van der Waals surface area contributed by atoms with Gasteiger partial charge in [-0.2, -0.15) is 26.3 Å². The third kappa shape index (κ3) is 7.17. The molecule has 19 heteroatoms. The normalized spacial score (nSPS) is 17.8. The van der Waals surface area contributed by atoms with E-state index in [2.05, 4.69) is 25.1 Å². The van der Waals surface area contributed by atoms with Crippen molar-refractivity contribution in [3.8, 4) is 39.6 Å². The lowest BCUT2D eigenvalue weighted by Gasteiger charge is -2.34. The summed E-state index contributed by atoms with van der Waals surface area (Å²) < 4.78 is 112. The molecule has 5 heterocycles. The van der Waals surface area contributed by atoms with Gasteiger partial charge in [-0.3, -0.25) is 4.90 Å². The number of carbonyl (C=O) groups is 1. The molecule has 1 amide bonds. The fraction of sp³-hybridized carbons (Fsp3) is 0.333. The van der Waals surface area contributed by atoms with Crippen LogP contribution in [0.1, 0.15) is 46.5 Å². The van der Waals surface area contributed by atoms with Crippen molar-refractivity contribution in [2.24, 2.45) is 0 Å². The van der Waals surface area contributed by atoms with Gasteiger partial charge >= 0.3 is 24.2 Å². The van der Waals surface area contributed by atoms with E-state index in [1.54, 1.807) is 29.3 Å². The van der Waals surface area contributed by atoms with Gasteiger partial charge in [0.15, 0.2) is 0 Å². The molecule has 0 spiro atoms. The minimum absolute atomic E-state index is 0.000501. The topological polar surface area (TPSA) is 140 Å². The Labute approximate surface area is 306 Å². The molecule has 55 heavy (non-hydrogen) atoms.